The number of nitrogens with zero attached hydrogens (tertiary/aromatic N) is 1. The maximum absolute atomic E-state index is 13.8. The number of carboxylic acid groups (broad SMARTS) is 1. The fourth-order valence-electron chi connectivity index (χ4n) is 1.99. The molecule has 1 heterocycles. The minimum Gasteiger partial charge on any atom is -0.478 e. The highest BCUT2D eigenvalue weighted by molar-refractivity contribution is 7.89. The van der Waals surface area contributed by atoms with E-state index < -0.39 is 32.3 Å². The summed E-state index contributed by atoms with van der Waals surface area (Å²) in [5, 5.41) is 18.5. The normalized spacial score (nSPS) is 18.6. The molecule has 6 nitrogen and oxygen atoms in total. The SMILES string of the molecule is CCC1(O)CN(S(=O)(=O)c2ccc(C(=O)O)cc2F)C1. The summed E-state index contributed by atoms with van der Waals surface area (Å²) in [6.07, 6.45) is 0.402. The summed E-state index contributed by atoms with van der Waals surface area (Å²) >= 11 is 0. The van der Waals surface area contributed by atoms with Gasteiger partial charge >= 0.3 is 5.97 Å². The van der Waals surface area contributed by atoms with Gasteiger partial charge in [-0.05, 0) is 24.6 Å². The zero-order valence-electron chi connectivity index (χ0n) is 10.7. The van der Waals surface area contributed by atoms with Crippen molar-refractivity contribution in [3.05, 3.63) is 29.6 Å². The third-order valence-corrected chi connectivity index (χ3v) is 5.22. The van der Waals surface area contributed by atoms with E-state index in [0.29, 0.717) is 12.5 Å². The van der Waals surface area contributed by atoms with Crippen LogP contribution in [-0.4, -0.2) is 47.6 Å². The number of β-amino-alcohol motifs (C(OH)–C–C–N with tert-alkyl or cyclic N) is 1. The molecule has 1 aromatic rings. The van der Waals surface area contributed by atoms with Crippen molar-refractivity contribution < 1.29 is 27.8 Å². The molecule has 1 aliphatic heterocycles. The zero-order chi connectivity index (χ0) is 15.1. The molecule has 0 bridgehead atoms. The molecule has 8 heteroatoms. The number of hydrogen-bond donors (Lipinski definition) is 2. The first-order chi connectivity index (χ1) is 9.19. The monoisotopic (exact) mass is 303 g/mol. The van der Waals surface area contributed by atoms with Crippen LogP contribution in [-0.2, 0) is 10.0 Å². The Labute approximate surface area is 115 Å². The van der Waals surface area contributed by atoms with Gasteiger partial charge in [0, 0.05) is 13.1 Å². The van der Waals surface area contributed by atoms with E-state index >= 15 is 0 Å². The molecule has 1 aliphatic rings. The van der Waals surface area contributed by atoms with Crippen molar-refractivity contribution in [3.8, 4) is 0 Å². The van der Waals surface area contributed by atoms with E-state index in [1.807, 2.05) is 0 Å². The van der Waals surface area contributed by atoms with Crippen molar-refractivity contribution in [2.45, 2.75) is 23.8 Å². The van der Waals surface area contributed by atoms with Crippen LogP contribution < -0.4 is 0 Å². The van der Waals surface area contributed by atoms with Crippen LogP contribution >= 0.6 is 0 Å². The Morgan fingerprint density at radius 1 is 1.45 bits per heavy atom. The Bertz CT molecular complexity index is 652. The first-order valence-electron chi connectivity index (χ1n) is 5.95. The summed E-state index contributed by atoms with van der Waals surface area (Å²) in [6.45, 7) is 1.55. The Hall–Kier alpha value is -1.51. The third kappa shape index (κ3) is 2.41. The lowest BCUT2D eigenvalue weighted by Crippen LogP contribution is -2.62. The van der Waals surface area contributed by atoms with E-state index in [1.54, 1.807) is 6.92 Å². The van der Waals surface area contributed by atoms with E-state index in [2.05, 4.69) is 0 Å². The number of rotatable bonds is 4. The van der Waals surface area contributed by atoms with Crippen molar-refractivity contribution in [2.75, 3.05) is 13.1 Å². The molecule has 0 aromatic heterocycles. The Kier molecular flexibility index (Phi) is 3.57. The number of aromatic carboxylic acids is 1. The first-order valence-corrected chi connectivity index (χ1v) is 7.39. The fourth-order valence-corrected chi connectivity index (χ4v) is 3.63. The number of sulfonamides is 1. The van der Waals surface area contributed by atoms with Crippen LogP contribution in [0.2, 0.25) is 0 Å². The minimum absolute atomic E-state index is 0.0913. The molecule has 0 unspecified atom stereocenters. The second-order valence-corrected chi connectivity index (χ2v) is 6.71. The van der Waals surface area contributed by atoms with Gasteiger partial charge in [-0.15, -0.1) is 0 Å². The standard InChI is InChI=1S/C12H14FNO5S/c1-2-12(17)6-14(7-12)20(18,19)10-4-3-8(11(15)16)5-9(10)13/h3-5,17H,2,6-7H2,1H3,(H,15,16). The quantitative estimate of drug-likeness (QED) is 0.852. The summed E-state index contributed by atoms with van der Waals surface area (Å²) in [4.78, 5) is 10.1. The van der Waals surface area contributed by atoms with Gasteiger partial charge in [0.05, 0.1) is 11.2 Å². The summed E-state index contributed by atoms with van der Waals surface area (Å²) in [7, 11) is -4.05. The van der Waals surface area contributed by atoms with Crippen LogP contribution in [0.25, 0.3) is 0 Å². The van der Waals surface area contributed by atoms with Gasteiger partial charge < -0.3 is 10.2 Å². The van der Waals surface area contributed by atoms with Crippen LogP contribution in [0, 0.1) is 5.82 Å². The highest BCUT2D eigenvalue weighted by Gasteiger charge is 2.46. The van der Waals surface area contributed by atoms with E-state index in [1.165, 1.54) is 0 Å². The third-order valence-electron chi connectivity index (χ3n) is 3.40. The number of carbonyl (C=O) groups is 1. The van der Waals surface area contributed by atoms with Crippen molar-refractivity contribution in [3.63, 3.8) is 0 Å². The van der Waals surface area contributed by atoms with Crippen LogP contribution in [0.5, 0.6) is 0 Å². The Morgan fingerprint density at radius 2 is 2.05 bits per heavy atom. The van der Waals surface area contributed by atoms with Crippen LogP contribution in [0.3, 0.4) is 0 Å². The highest BCUT2D eigenvalue weighted by Crippen LogP contribution is 2.31. The molecule has 0 aliphatic carbocycles. The molecule has 0 amide bonds. The molecule has 2 rings (SSSR count). The molecule has 0 radical (unpaired) electrons. The summed E-state index contributed by atoms with van der Waals surface area (Å²) in [6, 6.07) is 2.63. The van der Waals surface area contributed by atoms with Crippen LogP contribution in [0.15, 0.2) is 23.1 Å². The maximum atomic E-state index is 13.8. The largest absolute Gasteiger partial charge is 0.478 e. The van der Waals surface area contributed by atoms with Crippen molar-refractivity contribution in [1.82, 2.24) is 4.31 Å². The highest BCUT2D eigenvalue weighted by atomic mass is 32.2. The lowest BCUT2D eigenvalue weighted by atomic mass is 9.94. The molecule has 20 heavy (non-hydrogen) atoms. The van der Waals surface area contributed by atoms with E-state index in [0.717, 1.165) is 16.4 Å². The van der Waals surface area contributed by atoms with Crippen LogP contribution in [0.1, 0.15) is 23.7 Å². The minimum atomic E-state index is -4.05. The van der Waals surface area contributed by atoms with Crippen LogP contribution in [0.4, 0.5) is 4.39 Å². The average molecular weight is 303 g/mol. The van der Waals surface area contributed by atoms with Gasteiger partial charge in [-0.1, -0.05) is 6.92 Å². The second kappa shape index (κ2) is 4.80. The molecule has 0 saturated carbocycles. The van der Waals surface area contributed by atoms with E-state index in [4.69, 9.17) is 5.11 Å². The number of hydrogen-bond acceptors (Lipinski definition) is 4. The zero-order valence-corrected chi connectivity index (χ0v) is 11.5. The van der Waals surface area contributed by atoms with E-state index in [-0.39, 0.29) is 18.7 Å². The van der Waals surface area contributed by atoms with Gasteiger partial charge in [0.25, 0.3) is 0 Å². The number of benzene rings is 1. The molecule has 1 aromatic carbocycles. The summed E-state index contributed by atoms with van der Waals surface area (Å²) < 4.78 is 39.0. The second-order valence-electron chi connectivity index (χ2n) is 4.80. The smallest absolute Gasteiger partial charge is 0.335 e. The summed E-state index contributed by atoms with van der Waals surface area (Å²) in [5.41, 5.74) is -1.39. The molecule has 1 saturated heterocycles. The Morgan fingerprint density at radius 3 is 2.50 bits per heavy atom. The summed E-state index contributed by atoms with van der Waals surface area (Å²) in [5.74, 6) is -2.45. The first kappa shape index (κ1) is 14.9. The lowest BCUT2D eigenvalue weighted by molar-refractivity contribution is -0.0614. The van der Waals surface area contributed by atoms with Crippen molar-refractivity contribution in [1.29, 1.82) is 0 Å². The predicted molar refractivity (Wildman–Crippen MR) is 67.4 cm³/mol. The van der Waals surface area contributed by atoms with Gasteiger partial charge in [0.2, 0.25) is 10.0 Å². The maximum Gasteiger partial charge on any atom is 0.335 e. The van der Waals surface area contributed by atoms with Gasteiger partial charge in [-0.2, -0.15) is 4.31 Å². The Balaban J connectivity index is 2.30. The molecule has 0 atom stereocenters. The average Bonchev–Trinajstić information content (AvgIpc) is 2.34. The molecule has 110 valence electrons. The van der Waals surface area contributed by atoms with Gasteiger partial charge in [-0.3, -0.25) is 0 Å². The number of aliphatic hydroxyl groups is 1. The lowest BCUT2D eigenvalue weighted by Gasteiger charge is -2.44. The molecule has 2 N–H and O–H groups in total. The van der Waals surface area contributed by atoms with Crippen molar-refractivity contribution >= 4 is 16.0 Å². The predicted octanol–water partition coefficient (Wildman–Crippen LogP) is 0.669. The van der Waals surface area contributed by atoms with Gasteiger partial charge in [-0.25, -0.2) is 17.6 Å². The van der Waals surface area contributed by atoms with E-state index in [9.17, 15) is 22.7 Å². The number of halogens is 1. The topological polar surface area (TPSA) is 94.9 Å². The molecule has 0 spiro atoms. The molecule has 1 fully saturated rings. The molecular formula is C12H14FNO5S. The van der Waals surface area contributed by atoms with Crippen molar-refractivity contribution in [2.24, 2.45) is 0 Å². The van der Waals surface area contributed by atoms with Gasteiger partial charge in [0.15, 0.2) is 0 Å². The van der Waals surface area contributed by atoms with Gasteiger partial charge in [0.1, 0.15) is 10.7 Å². The number of carboxylic acids is 1. The fraction of sp³-hybridized carbons (Fsp3) is 0.417. The molecular weight excluding hydrogens is 289 g/mol.